The van der Waals surface area contributed by atoms with Gasteiger partial charge in [0.2, 0.25) is 0 Å². The number of anilines is 1. The van der Waals surface area contributed by atoms with Gasteiger partial charge < -0.3 is 19.5 Å². The van der Waals surface area contributed by atoms with Gasteiger partial charge in [-0.3, -0.25) is 0 Å². The SMILES string of the molecule is COC(=O)c1ccccc1N(C)CC(O)COC(C)C. The van der Waals surface area contributed by atoms with Gasteiger partial charge in [-0.2, -0.15) is 0 Å². The molecule has 5 heteroatoms. The van der Waals surface area contributed by atoms with E-state index in [0.717, 1.165) is 5.69 Å². The first kappa shape index (κ1) is 16.5. The molecule has 0 amide bonds. The minimum absolute atomic E-state index is 0.0808. The summed E-state index contributed by atoms with van der Waals surface area (Å²) in [5.74, 6) is -0.389. The lowest BCUT2D eigenvalue weighted by Gasteiger charge is -2.24. The number of likely N-dealkylation sites (N-methyl/N-ethyl adjacent to an activating group) is 1. The molecule has 0 aromatic heterocycles. The van der Waals surface area contributed by atoms with Crippen LogP contribution in [0.25, 0.3) is 0 Å². The first-order valence-electron chi connectivity index (χ1n) is 6.63. The number of aliphatic hydroxyl groups excluding tert-OH is 1. The van der Waals surface area contributed by atoms with Crippen LogP contribution in [0.5, 0.6) is 0 Å². The summed E-state index contributed by atoms with van der Waals surface area (Å²) in [6.07, 6.45) is -0.537. The fourth-order valence-corrected chi connectivity index (χ4v) is 1.86. The van der Waals surface area contributed by atoms with Crippen molar-refractivity contribution in [3.63, 3.8) is 0 Å². The minimum Gasteiger partial charge on any atom is -0.465 e. The summed E-state index contributed by atoms with van der Waals surface area (Å²) in [5.41, 5.74) is 1.21. The summed E-state index contributed by atoms with van der Waals surface area (Å²) in [7, 11) is 3.17. The molecular weight excluding hydrogens is 258 g/mol. The van der Waals surface area contributed by atoms with Gasteiger partial charge in [-0.15, -0.1) is 0 Å². The fourth-order valence-electron chi connectivity index (χ4n) is 1.86. The van der Waals surface area contributed by atoms with Gasteiger partial charge in [-0.1, -0.05) is 12.1 Å². The lowest BCUT2D eigenvalue weighted by atomic mass is 10.1. The Hall–Kier alpha value is -1.59. The van der Waals surface area contributed by atoms with Crippen molar-refractivity contribution in [2.45, 2.75) is 26.1 Å². The van der Waals surface area contributed by atoms with Gasteiger partial charge in [0.05, 0.1) is 37.2 Å². The van der Waals surface area contributed by atoms with Gasteiger partial charge in [0.25, 0.3) is 0 Å². The highest BCUT2D eigenvalue weighted by Gasteiger charge is 2.16. The molecule has 1 N–H and O–H groups in total. The van der Waals surface area contributed by atoms with Gasteiger partial charge >= 0.3 is 5.97 Å². The van der Waals surface area contributed by atoms with E-state index in [4.69, 9.17) is 9.47 Å². The number of methoxy groups -OCH3 is 1. The zero-order valence-corrected chi connectivity index (χ0v) is 12.5. The largest absolute Gasteiger partial charge is 0.465 e. The van der Waals surface area contributed by atoms with Crippen molar-refractivity contribution in [3.8, 4) is 0 Å². The molecule has 1 unspecified atom stereocenters. The topological polar surface area (TPSA) is 59.0 Å². The predicted octanol–water partition coefficient (Wildman–Crippen LogP) is 1.70. The van der Waals surface area contributed by atoms with Crippen molar-refractivity contribution in [2.24, 2.45) is 0 Å². The molecule has 1 atom stereocenters. The second kappa shape index (κ2) is 7.87. The van der Waals surface area contributed by atoms with E-state index in [-0.39, 0.29) is 18.7 Å². The smallest absolute Gasteiger partial charge is 0.339 e. The van der Waals surface area contributed by atoms with Crippen LogP contribution in [-0.2, 0) is 9.47 Å². The zero-order chi connectivity index (χ0) is 15.1. The zero-order valence-electron chi connectivity index (χ0n) is 12.5. The first-order chi connectivity index (χ1) is 9.45. The molecule has 5 nitrogen and oxygen atoms in total. The number of benzene rings is 1. The Morgan fingerprint density at radius 2 is 2.00 bits per heavy atom. The molecule has 0 heterocycles. The maximum atomic E-state index is 11.7. The summed E-state index contributed by atoms with van der Waals surface area (Å²) in [4.78, 5) is 13.5. The van der Waals surface area contributed by atoms with Crippen LogP contribution < -0.4 is 4.90 Å². The Bertz CT molecular complexity index is 434. The van der Waals surface area contributed by atoms with Crippen molar-refractivity contribution < 1.29 is 19.4 Å². The van der Waals surface area contributed by atoms with E-state index in [9.17, 15) is 9.90 Å². The van der Waals surface area contributed by atoms with Gasteiger partial charge in [0.15, 0.2) is 0 Å². The molecule has 1 aromatic carbocycles. The van der Waals surface area contributed by atoms with Crippen LogP contribution in [0.4, 0.5) is 5.69 Å². The molecule has 0 saturated heterocycles. The second-order valence-electron chi connectivity index (χ2n) is 4.93. The van der Waals surface area contributed by atoms with E-state index in [1.807, 2.05) is 37.9 Å². The molecule has 0 spiro atoms. The predicted molar refractivity (Wildman–Crippen MR) is 78.1 cm³/mol. The Kier molecular flexibility index (Phi) is 6.48. The number of esters is 1. The second-order valence-corrected chi connectivity index (χ2v) is 4.93. The van der Waals surface area contributed by atoms with Crippen molar-refractivity contribution in [3.05, 3.63) is 29.8 Å². The van der Waals surface area contributed by atoms with Crippen LogP contribution >= 0.6 is 0 Å². The number of hydrogen-bond acceptors (Lipinski definition) is 5. The average molecular weight is 281 g/mol. The number of aliphatic hydroxyl groups is 1. The maximum Gasteiger partial charge on any atom is 0.339 e. The lowest BCUT2D eigenvalue weighted by Crippen LogP contribution is -2.33. The molecule has 1 rings (SSSR count). The molecular formula is C15H23NO4. The highest BCUT2D eigenvalue weighted by Crippen LogP contribution is 2.20. The normalized spacial score (nSPS) is 12.3. The van der Waals surface area contributed by atoms with E-state index in [1.54, 1.807) is 12.1 Å². The molecule has 112 valence electrons. The van der Waals surface area contributed by atoms with Crippen LogP contribution in [-0.4, -0.2) is 50.6 Å². The third-order valence-electron chi connectivity index (χ3n) is 2.83. The van der Waals surface area contributed by atoms with Gasteiger partial charge in [-0.05, 0) is 26.0 Å². The monoisotopic (exact) mass is 281 g/mol. The molecule has 0 radical (unpaired) electrons. The quantitative estimate of drug-likeness (QED) is 0.771. The number of rotatable bonds is 7. The highest BCUT2D eigenvalue weighted by atomic mass is 16.5. The third-order valence-corrected chi connectivity index (χ3v) is 2.83. The van der Waals surface area contributed by atoms with Crippen LogP contribution in [0, 0.1) is 0 Å². The Morgan fingerprint density at radius 1 is 1.35 bits per heavy atom. The Balaban J connectivity index is 2.72. The first-order valence-corrected chi connectivity index (χ1v) is 6.63. The average Bonchev–Trinajstić information content (AvgIpc) is 2.44. The fraction of sp³-hybridized carbons (Fsp3) is 0.533. The van der Waals surface area contributed by atoms with E-state index in [2.05, 4.69) is 0 Å². The van der Waals surface area contributed by atoms with Crippen LogP contribution in [0.1, 0.15) is 24.2 Å². The van der Waals surface area contributed by atoms with E-state index in [0.29, 0.717) is 12.1 Å². The summed E-state index contributed by atoms with van der Waals surface area (Å²) >= 11 is 0. The number of carbonyl (C=O) groups excluding carboxylic acids is 1. The molecule has 0 aliphatic rings. The van der Waals surface area contributed by atoms with E-state index in [1.165, 1.54) is 7.11 Å². The molecule has 0 aliphatic heterocycles. The van der Waals surface area contributed by atoms with E-state index >= 15 is 0 Å². The molecule has 1 aromatic rings. The number of carbonyl (C=O) groups is 1. The van der Waals surface area contributed by atoms with Gasteiger partial charge in [0.1, 0.15) is 0 Å². The van der Waals surface area contributed by atoms with E-state index < -0.39 is 6.10 Å². The van der Waals surface area contributed by atoms with Gasteiger partial charge in [-0.25, -0.2) is 4.79 Å². The lowest BCUT2D eigenvalue weighted by molar-refractivity contribution is 0.00925. The third kappa shape index (κ3) is 4.83. The standard InChI is InChI=1S/C15H23NO4/c1-11(2)20-10-12(17)9-16(3)14-8-6-5-7-13(14)15(18)19-4/h5-8,11-12,17H,9-10H2,1-4H3. The van der Waals surface area contributed by atoms with Crippen LogP contribution in [0.15, 0.2) is 24.3 Å². The molecule has 0 fully saturated rings. The number of nitrogens with zero attached hydrogens (tertiary/aromatic N) is 1. The Labute approximate surface area is 120 Å². The summed E-state index contributed by atoms with van der Waals surface area (Å²) in [6, 6.07) is 7.15. The highest BCUT2D eigenvalue weighted by molar-refractivity contribution is 5.95. The number of ether oxygens (including phenoxy) is 2. The van der Waals surface area contributed by atoms with Crippen molar-refractivity contribution >= 4 is 11.7 Å². The van der Waals surface area contributed by atoms with Crippen LogP contribution in [0.3, 0.4) is 0 Å². The molecule has 0 aliphatic carbocycles. The molecule has 20 heavy (non-hydrogen) atoms. The van der Waals surface area contributed by atoms with Crippen molar-refractivity contribution in [2.75, 3.05) is 32.2 Å². The summed E-state index contributed by atoms with van der Waals surface area (Å²) in [6.45, 7) is 4.48. The molecule has 0 saturated carbocycles. The summed E-state index contributed by atoms with van der Waals surface area (Å²) in [5, 5.41) is 9.93. The van der Waals surface area contributed by atoms with Crippen molar-refractivity contribution in [1.82, 2.24) is 0 Å². The van der Waals surface area contributed by atoms with Crippen LogP contribution in [0.2, 0.25) is 0 Å². The number of para-hydroxylation sites is 1. The number of hydrogen-bond donors (Lipinski definition) is 1. The summed E-state index contributed by atoms with van der Waals surface area (Å²) < 4.78 is 10.1. The maximum absolute atomic E-state index is 11.7. The van der Waals surface area contributed by atoms with Gasteiger partial charge in [0, 0.05) is 13.6 Å². The Morgan fingerprint density at radius 3 is 2.60 bits per heavy atom. The molecule has 0 bridgehead atoms. The minimum atomic E-state index is -0.617. The van der Waals surface area contributed by atoms with Crippen molar-refractivity contribution in [1.29, 1.82) is 0 Å².